The molecule has 100 valence electrons. The molecule has 3 heteroatoms. The van der Waals surface area contributed by atoms with Crippen LogP contribution in [0.1, 0.15) is 40.2 Å². The van der Waals surface area contributed by atoms with Crippen LogP contribution in [0.5, 0.6) is 11.5 Å². The number of hydrogen-bond donors (Lipinski definition) is 1. The Morgan fingerprint density at radius 1 is 1.15 bits per heavy atom. The van der Waals surface area contributed by atoms with E-state index in [9.17, 15) is 4.79 Å². The predicted octanol–water partition coefficient (Wildman–Crippen LogP) is 3.68. The molecule has 0 saturated heterocycles. The molecule has 1 unspecified atom stereocenters. The summed E-state index contributed by atoms with van der Waals surface area (Å²) in [5.74, 6) is 1.49. The van der Waals surface area contributed by atoms with Crippen molar-refractivity contribution in [1.29, 1.82) is 0 Å². The smallest absolute Gasteiger partial charge is 0.174 e. The van der Waals surface area contributed by atoms with Crippen LogP contribution >= 0.6 is 0 Å². The molecule has 1 aliphatic carbocycles. The molecule has 0 saturated carbocycles. The van der Waals surface area contributed by atoms with Crippen LogP contribution in [-0.2, 0) is 6.42 Å². The summed E-state index contributed by atoms with van der Waals surface area (Å²) in [4.78, 5) is 12.8. The summed E-state index contributed by atoms with van der Waals surface area (Å²) < 4.78 is 6.00. The number of nitrogens with two attached hydrogens (primary N) is 1. The first kappa shape index (κ1) is 11.5. The van der Waals surface area contributed by atoms with E-state index in [0.29, 0.717) is 17.0 Å². The Bertz CT molecular complexity index is 721. The highest BCUT2D eigenvalue weighted by Gasteiger charge is 2.34. The second kappa shape index (κ2) is 4.10. The van der Waals surface area contributed by atoms with Gasteiger partial charge in [-0.15, -0.1) is 0 Å². The number of benzene rings is 2. The van der Waals surface area contributed by atoms with Crippen LogP contribution in [0.4, 0.5) is 5.69 Å². The van der Waals surface area contributed by atoms with E-state index < -0.39 is 0 Å². The Kier molecular flexibility index (Phi) is 2.36. The van der Waals surface area contributed by atoms with Crippen molar-refractivity contribution in [2.75, 3.05) is 5.73 Å². The highest BCUT2D eigenvalue weighted by atomic mass is 16.5. The molecule has 4 rings (SSSR count). The molecule has 0 fully saturated rings. The van der Waals surface area contributed by atoms with E-state index in [-0.39, 0.29) is 11.7 Å². The largest absolute Gasteiger partial charge is 0.456 e. The Balaban J connectivity index is 1.98. The van der Waals surface area contributed by atoms with Crippen molar-refractivity contribution >= 4 is 11.5 Å². The molecule has 1 atom stereocenters. The van der Waals surface area contributed by atoms with E-state index in [1.165, 1.54) is 5.56 Å². The minimum absolute atomic E-state index is 0.0852. The molecule has 2 aliphatic rings. The van der Waals surface area contributed by atoms with Crippen molar-refractivity contribution in [2.45, 2.75) is 25.2 Å². The van der Waals surface area contributed by atoms with Crippen LogP contribution in [0.15, 0.2) is 36.4 Å². The Morgan fingerprint density at radius 3 is 2.95 bits per heavy atom. The maximum atomic E-state index is 12.8. The molecule has 20 heavy (non-hydrogen) atoms. The van der Waals surface area contributed by atoms with Gasteiger partial charge in [0.2, 0.25) is 0 Å². The monoisotopic (exact) mass is 265 g/mol. The van der Waals surface area contributed by atoms with Gasteiger partial charge in [0.1, 0.15) is 11.5 Å². The van der Waals surface area contributed by atoms with E-state index in [1.807, 2.05) is 12.1 Å². The van der Waals surface area contributed by atoms with Gasteiger partial charge in [0.15, 0.2) is 5.78 Å². The molecular weight excluding hydrogens is 250 g/mol. The zero-order chi connectivity index (χ0) is 13.7. The van der Waals surface area contributed by atoms with E-state index in [2.05, 4.69) is 6.07 Å². The third kappa shape index (κ3) is 1.56. The van der Waals surface area contributed by atoms with Crippen LogP contribution in [0.25, 0.3) is 0 Å². The van der Waals surface area contributed by atoms with Gasteiger partial charge >= 0.3 is 0 Å². The number of ether oxygens (including phenoxy) is 1. The molecular formula is C17H15NO2. The lowest BCUT2D eigenvalue weighted by Gasteiger charge is -2.24. The Hall–Kier alpha value is -2.29. The first-order valence-corrected chi connectivity index (χ1v) is 6.97. The highest BCUT2D eigenvalue weighted by molar-refractivity contribution is 6.05. The molecule has 1 heterocycles. The fourth-order valence-electron chi connectivity index (χ4n) is 3.33. The molecule has 0 spiro atoms. The minimum Gasteiger partial charge on any atom is -0.456 e. The highest BCUT2D eigenvalue weighted by Crippen LogP contribution is 2.45. The standard InChI is InChI=1S/C17H15NO2/c18-11-7-8-14-13(9-11)17(19)12-5-1-3-10-4-2-6-15(20-14)16(10)12/h2,4,6-9,12H,1,3,5,18H2. The van der Waals surface area contributed by atoms with Crippen LogP contribution in [0.3, 0.4) is 0 Å². The van der Waals surface area contributed by atoms with E-state index in [4.69, 9.17) is 10.5 Å². The number of nitrogen functional groups attached to an aromatic ring is 1. The number of carbonyl (C=O) groups is 1. The Labute approximate surface area is 117 Å². The van der Waals surface area contributed by atoms with Crippen LogP contribution in [0.2, 0.25) is 0 Å². The van der Waals surface area contributed by atoms with Gasteiger partial charge in [0.25, 0.3) is 0 Å². The third-order valence-corrected chi connectivity index (χ3v) is 4.25. The lowest BCUT2D eigenvalue weighted by molar-refractivity contribution is 0.0952. The molecule has 0 bridgehead atoms. The number of carbonyl (C=O) groups excluding carboxylic acids is 1. The minimum atomic E-state index is -0.0852. The van der Waals surface area contributed by atoms with Crippen molar-refractivity contribution in [3.8, 4) is 11.5 Å². The summed E-state index contributed by atoms with van der Waals surface area (Å²) in [6.07, 6.45) is 2.96. The molecule has 2 aromatic carbocycles. The van der Waals surface area contributed by atoms with Crippen LogP contribution in [-0.4, -0.2) is 5.78 Å². The van der Waals surface area contributed by atoms with E-state index >= 15 is 0 Å². The summed E-state index contributed by atoms with van der Waals surface area (Å²) in [6.45, 7) is 0. The molecule has 3 nitrogen and oxygen atoms in total. The summed E-state index contributed by atoms with van der Waals surface area (Å²) in [5, 5.41) is 0. The van der Waals surface area contributed by atoms with Gasteiger partial charge in [-0.2, -0.15) is 0 Å². The zero-order valence-electron chi connectivity index (χ0n) is 11.1. The summed E-state index contributed by atoms with van der Waals surface area (Å²) >= 11 is 0. The molecule has 2 N–H and O–H groups in total. The average Bonchev–Trinajstić information content (AvgIpc) is 2.58. The quantitative estimate of drug-likeness (QED) is 0.739. The Morgan fingerprint density at radius 2 is 2.05 bits per heavy atom. The molecule has 0 radical (unpaired) electrons. The second-order valence-electron chi connectivity index (χ2n) is 5.50. The summed E-state index contributed by atoms with van der Waals surface area (Å²) in [5.41, 5.74) is 9.36. The number of fused-ring (bicyclic) bond motifs is 1. The maximum Gasteiger partial charge on any atom is 0.174 e. The topological polar surface area (TPSA) is 52.3 Å². The van der Waals surface area contributed by atoms with Gasteiger partial charge in [-0.3, -0.25) is 4.79 Å². The van der Waals surface area contributed by atoms with Gasteiger partial charge in [-0.25, -0.2) is 0 Å². The van der Waals surface area contributed by atoms with Crippen molar-refractivity contribution in [1.82, 2.24) is 0 Å². The number of anilines is 1. The molecule has 0 aromatic heterocycles. The number of ketones is 1. The van der Waals surface area contributed by atoms with Gasteiger partial charge in [-0.1, -0.05) is 12.1 Å². The number of aryl methyl sites for hydroxylation is 1. The fraction of sp³-hybridized carbons (Fsp3) is 0.235. The lowest BCUT2D eigenvalue weighted by atomic mass is 9.79. The van der Waals surface area contributed by atoms with Gasteiger partial charge in [-0.05, 0) is 49.1 Å². The zero-order valence-corrected chi connectivity index (χ0v) is 11.1. The van der Waals surface area contributed by atoms with Crippen molar-refractivity contribution in [2.24, 2.45) is 0 Å². The fourth-order valence-corrected chi connectivity index (χ4v) is 3.33. The lowest BCUT2D eigenvalue weighted by Crippen LogP contribution is -2.17. The number of Topliss-reactive ketones (excluding diaryl/α,β-unsaturated/α-hetero) is 1. The molecule has 0 amide bonds. The van der Waals surface area contributed by atoms with Crippen LogP contribution < -0.4 is 10.5 Å². The van der Waals surface area contributed by atoms with Crippen molar-refractivity contribution < 1.29 is 9.53 Å². The maximum absolute atomic E-state index is 12.8. The van der Waals surface area contributed by atoms with Gasteiger partial charge in [0.05, 0.1) is 11.5 Å². The average molecular weight is 265 g/mol. The second-order valence-corrected chi connectivity index (χ2v) is 5.50. The molecule has 1 aliphatic heterocycles. The SMILES string of the molecule is Nc1ccc2c(c1)C(=O)C1CCCc3cccc(c31)O2. The summed E-state index contributed by atoms with van der Waals surface area (Å²) in [7, 11) is 0. The first-order chi connectivity index (χ1) is 9.74. The summed E-state index contributed by atoms with van der Waals surface area (Å²) in [6, 6.07) is 11.4. The number of rotatable bonds is 0. The predicted molar refractivity (Wildman–Crippen MR) is 77.4 cm³/mol. The van der Waals surface area contributed by atoms with Crippen LogP contribution in [0, 0.1) is 0 Å². The van der Waals surface area contributed by atoms with E-state index in [1.54, 1.807) is 18.2 Å². The number of hydrogen-bond acceptors (Lipinski definition) is 3. The van der Waals surface area contributed by atoms with Crippen molar-refractivity contribution in [3.05, 3.63) is 53.1 Å². The van der Waals surface area contributed by atoms with E-state index in [0.717, 1.165) is 30.6 Å². The normalized spacial score (nSPS) is 19.6. The van der Waals surface area contributed by atoms with Gasteiger partial charge < -0.3 is 10.5 Å². The van der Waals surface area contributed by atoms with Gasteiger partial charge in [0, 0.05) is 11.3 Å². The van der Waals surface area contributed by atoms with Crippen molar-refractivity contribution in [3.63, 3.8) is 0 Å². The first-order valence-electron chi connectivity index (χ1n) is 6.97. The molecule has 2 aromatic rings. The third-order valence-electron chi connectivity index (χ3n) is 4.25.